The normalized spacial score (nSPS) is 18.4. The maximum atomic E-state index is 4.23. The number of hydrogen-bond acceptors (Lipinski definition) is 2. The molecule has 2 N–H and O–H groups in total. The lowest BCUT2D eigenvalue weighted by Crippen LogP contribution is -2.09. The van der Waals surface area contributed by atoms with Gasteiger partial charge in [0.2, 0.25) is 0 Å². The highest BCUT2D eigenvalue weighted by atomic mass is 15.1. The van der Waals surface area contributed by atoms with E-state index >= 15 is 0 Å². The van der Waals surface area contributed by atoms with Crippen LogP contribution in [0.25, 0.3) is 0 Å². The van der Waals surface area contributed by atoms with E-state index in [1.165, 1.54) is 44.2 Å². The van der Waals surface area contributed by atoms with E-state index in [1.807, 2.05) is 13.2 Å². The SMILES string of the molecule is CNc1ncc(CC2CCCCC2)[nH]1. The van der Waals surface area contributed by atoms with Gasteiger partial charge >= 0.3 is 0 Å². The average Bonchev–Trinajstić information content (AvgIpc) is 2.67. The van der Waals surface area contributed by atoms with Crippen molar-refractivity contribution in [3.05, 3.63) is 11.9 Å². The lowest BCUT2D eigenvalue weighted by atomic mass is 9.86. The molecule has 14 heavy (non-hydrogen) atoms. The van der Waals surface area contributed by atoms with Crippen LogP contribution in [-0.4, -0.2) is 17.0 Å². The van der Waals surface area contributed by atoms with Gasteiger partial charge in [-0.15, -0.1) is 0 Å². The fourth-order valence-corrected chi connectivity index (χ4v) is 2.29. The predicted molar refractivity (Wildman–Crippen MR) is 58.4 cm³/mol. The lowest BCUT2D eigenvalue weighted by Gasteiger charge is -2.20. The van der Waals surface area contributed by atoms with Crippen molar-refractivity contribution in [2.45, 2.75) is 38.5 Å². The predicted octanol–water partition coefficient (Wildman–Crippen LogP) is 2.57. The van der Waals surface area contributed by atoms with Gasteiger partial charge in [0.15, 0.2) is 5.95 Å². The van der Waals surface area contributed by atoms with Crippen LogP contribution in [0, 0.1) is 5.92 Å². The van der Waals surface area contributed by atoms with E-state index in [-0.39, 0.29) is 0 Å². The Morgan fingerprint density at radius 2 is 2.21 bits per heavy atom. The molecule has 0 atom stereocenters. The summed E-state index contributed by atoms with van der Waals surface area (Å²) in [6.45, 7) is 0. The van der Waals surface area contributed by atoms with E-state index in [0.717, 1.165) is 11.9 Å². The van der Waals surface area contributed by atoms with Crippen LogP contribution in [0.3, 0.4) is 0 Å². The summed E-state index contributed by atoms with van der Waals surface area (Å²) in [7, 11) is 1.89. The molecular formula is C11H19N3. The Kier molecular flexibility index (Phi) is 3.07. The van der Waals surface area contributed by atoms with Crippen LogP contribution in [0.1, 0.15) is 37.8 Å². The molecule has 2 rings (SSSR count). The highest BCUT2D eigenvalue weighted by Gasteiger charge is 2.14. The second kappa shape index (κ2) is 4.49. The van der Waals surface area contributed by atoms with E-state index in [9.17, 15) is 0 Å². The molecule has 0 unspecified atom stereocenters. The molecule has 1 aromatic heterocycles. The summed E-state index contributed by atoms with van der Waals surface area (Å²) in [5.41, 5.74) is 1.28. The maximum absolute atomic E-state index is 4.23. The Balaban J connectivity index is 1.89. The van der Waals surface area contributed by atoms with Crippen molar-refractivity contribution in [3.63, 3.8) is 0 Å². The molecule has 3 heteroatoms. The van der Waals surface area contributed by atoms with Gasteiger partial charge in [-0.3, -0.25) is 0 Å². The summed E-state index contributed by atoms with van der Waals surface area (Å²) in [6, 6.07) is 0. The topological polar surface area (TPSA) is 40.7 Å². The number of imidazole rings is 1. The molecule has 1 heterocycles. The zero-order valence-electron chi connectivity index (χ0n) is 8.84. The molecule has 1 aromatic rings. The minimum atomic E-state index is 0.883. The lowest BCUT2D eigenvalue weighted by molar-refractivity contribution is 0.354. The average molecular weight is 193 g/mol. The summed E-state index contributed by atoms with van der Waals surface area (Å²) in [4.78, 5) is 7.52. The Morgan fingerprint density at radius 1 is 1.43 bits per heavy atom. The molecule has 78 valence electrons. The molecule has 0 aliphatic heterocycles. The van der Waals surface area contributed by atoms with E-state index in [4.69, 9.17) is 0 Å². The van der Waals surface area contributed by atoms with Gasteiger partial charge in [-0.1, -0.05) is 32.1 Å². The maximum Gasteiger partial charge on any atom is 0.200 e. The Labute approximate surface area is 85.3 Å². The molecule has 0 bridgehead atoms. The Morgan fingerprint density at radius 3 is 2.86 bits per heavy atom. The van der Waals surface area contributed by atoms with Gasteiger partial charge in [0.1, 0.15) is 0 Å². The van der Waals surface area contributed by atoms with Crippen molar-refractivity contribution in [2.75, 3.05) is 12.4 Å². The van der Waals surface area contributed by atoms with E-state index in [1.54, 1.807) is 0 Å². The molecule has 1 fully saturated rings. The van der Waals surface area contributed by atoms with Crippen LogP contribution < -0.4 is 5.32 Å². The fraction of sp³-hybridized carbons (Fsp3) is 0.727. The van der Waals surface area contributed by atoms with Gasteiger partial charge in [-0.05, 0) is 12.3 Å². The van der Waals surface area contributed by atoms with Crippen molar-refractivity contribution in [2.24, 2.45) is 5.92 Å². The quantitative estimate of drug-likeness (QED) is 0.774. The number of H-pyrrole nitrogens is 1. The monoisotopic (exact) mass is 193 g/mol. The number of aromatic nitrogens is 2. The number of nitrogens with zero attached hydrogens (tertiary/aromatic N) is 1. The van der Waals surface area contributed by atoms with Crippen LogP contribution in [0.15, 0.2) is 6.20 Å². The molecule has 0 spiro atoms. The zero-order chi connectivity index (χ0) is 9.80. The van der Waals surface area contributed by atoms with E-state index < -0.39 is 0 Å². The number of rotatable bonds is 3. The molecule has 0 aromatic carbocycles. The highest BCUT2D eigenvalue weighted by Crippen LogP contribution is 2.26. The summed E-state index contributed by atoms with van der Waals surface area (Å²) < 4.78 is 0. The van der Waals surface area contributed by atoms with Crippen molar-refractivity contribution < 1.29 is 0 Å². The Hall–Kier alpha value is -0.990. The highest BCUT2D eigenvalue weighted by molar-refractivity contribution is 5.24. The van der Waals surface area contributed by atoms with Crippen LogP contribution in [0.2, 0.25) is 0 Å². The third-order valence-electron chi connectivity index (χ3n) is 3.10. The number of aromatic amines is 1. The third-order valence-corrected chi connectivity index (χ3v) is 3.10. The summed E-state index contributed by atoms with van der Waals surface area (Å²) >= 11 is 0. The minimum absolute atomic E-state index is 0.883. The molecular weight excluding hydrogens is 174 g/mol. The fourth-order valence-electron chi connectivity index (χ4n) is 2.29. The number of hydrogen-bond donors (Lipinski definition) is 2. The first-order valence-corrected chi connectivity index (χ1v) is 5.60. The number of nitrogens with one attached hydrogen (secondary N) is 2. The van der Waals surface area contributed by atoms with Gasteiger partial charge in [0.25, 0.3) is 0 Å². The molecule has 1 saturated carbocycles. The standard InChI is InChI=1S/C11H19N3/c1-12-11-13-8-10(14-11)7-9-5-3-2-4-6-9/h8-9H,2-7H2,1H3,(H2,12,13,14). The van der Waals surface area contributed by atoms with Gasteiger partial charge < -0.3 is 10.3 Å². The first-order chi connectivity index (χ1) is 6.88. The second-order valence-corrected chi connectivity index (χ2v) is 4.22. The largest absolute Gasteiger partial charge is 0.359 e. The van der Waals surface area contributed by atoms with Crippen molar-refractivity contribution in [1.82, 2.24) is 9.97 Å². The van der Waals surface area contributed by atoms with Crippen molar-refractivity contribution >= 4 is 5.95 Å². The summed E-state index contributed by atoms with van der Waals surface area (Å²) in [6.07, 6.45) is 10.2. The van der Waals surface area contributed by atoms with Crippen LogP contribution in [0.5, 0.6) is 0 Å². The van der Waals surface area contributed by atoms with Crippen LogP contribution >= 0.6 is 0 Å². The molecule has 3 nitrogen and oxygen atoms in total. The van der Waals surface area contributed by atoms with Crippen LogP contribution in [-0.2, 0) is 6.42 Å². The first kappa shape index (κ1) is 9.56. The molecule has 0 radical (unpaired) electrons. The molecule has 0 amide bonds. The number of anilines is 1. The first-order valence-electron chi connectivity index (χ1n) is 5.60. The van der Waals surface area contributed by atoms with E-state index in [2.05, 4.69) is 15.3 Å². The summed E-state index contributed by atoms with van der Waals surface area (Å²) in [5.74, 6) is 1.77. The minimum Gasteiger partial charge on any atom is -0.359 e. The van der Waals surface area contributed by atoms with Crippen molar-refractivity contribution in [3.8, 4) is 0 Å². The van der Waals surface area contributed by atoms with Gasteiger partial charge in [-0.25, -0.2) is 4.98 Å². The Bertz CT molecular complexity index is 274. The third kappa shape index (κ3) is 2.28. The van der Waals surface area contributed by atoms with E-state index in [0.29, 0.717) is 0 Å². The van der Waals surface area contributed by atoms with Gasteiger partial charge in [0, 0.05) is 12.7 Å². The smallest absolute Gasteiger partial charge is 0.200 e. The van der Waals surface area contributed by atoms with Crippen LogP contribution in [0.4, 0.5) is 5.95 Å². The molecule has 0 saturated heterocycles. The molecule has 1 aliphatic carbocycles. The van der Waals surface area contributed by atoms with Gasteiger partial charge in [-0.2, -0.15) is 0 Å². The zero-order valence-corrected chi connectivity index (χ0v) is 8.84. The second-order valence-electron chi connectivity index (χ2n) is 4.22. The van der Waals surface area contributed by atoms with Crippen molar-refractivity contribution in [1.29, 1.82) is 0 Å². The molecule has 1 aliphatic rings. The van der Waals surface area contributed by atoms with Gasteiger partial charge in [0.05, 0.1) is 6.20 Å². The summed E-state index contributed by atoms with van der Waals surface area (Å²) in [5, 5.41) is 3.02.